The maximum Gasteiger partial charge on any atom is 0.323 e. The van der Waals surface area contributed by atoms with E-state index in [1.165, 1.54) is 12.1 Å². The van der Waals surface area contributed by atoms with Gasteiger partial charge in [0.15, 0.2) is 0 Å². The molecule has 114 valence electrons. The van der Waals surface area contributed by atoms with Gasteiger partial charge in [0.1, 0.15) is 0 Å². The van der Waals surface area contributed by atoms with Crippen LogP contribution in [0.1, 0.15) is 18.5 Å². The van der Waals surface area contributed by atoms with Gasteiger partial charge < -0.3 is 9.97 Å². The number of hydrogen-bond donors (Lipinski definition) is 3. The highest BCUT2D eigenvalue weighted by molar-refractivity contribution is 7.89. The number of H-pyrrole nitrogens is 2. The van der Waals surface area contributed by atoms with Gasteiger partial charge in [-0.2, -0.15) is 0 Å². The van der Waals surface area contributed by atoms with Crippen molar-refractivity contribution < 1.29 is 8.42 Å². The first-order valence-corrected chi connectivity index (χ1v) is 8.08. The van der Waals surface area contributed by atoms with E-state index in [2.05, 4.69) is 19.7 Å². The average molecular weight is 318 g/mol. The Labute approximate surface area is 126 Å². The van der Waals surface area contributed by atoms with E-state index < -0.39 is 16.1 Å². The number of nitrogens with zero attached hydrogens (tertiary/aromatic N) is 1. The maximum atomic E-state index is 12.4. The van der Waals surface area contributed by atoms with Gasteiger partial charge in [0, 0.05) is 18.4 Å². The van der Waals surface area contributed by atoms with Crippen molar-refractivity contribution in [3.63, 3.8) is 0 Å². The summed E-state index contributed by atoms with van der Waals surface area (Å²) in [5.74, 6) is 0. The average Bonchev–Trinajstić information content (AvgIpc) is 2.86. The molecular weight excluding hydrogens is 304 g/mol. The van der Waals surface area contributed by atoms with Crippen LogP contribution in [0, 0.1) is 0 Å². The molecule has 1 aromatic carbocycles. The third-order valence-electron chi connectivity index (χ3n) is 3.31. The van der Waals surface area contributed by atoms with Gasteiger partial charge in [-0.15, -0.1) is 0 Å². The number of hydrogen-bond acceptors (Lipinski definition) is 4. The van der Waals surface area contributed by atoms with Crippen LogP contribution in [0.25, 0.3) is 11.0 Å². The highest BCUT2D eigenvalue weighted by atomic mass is 32.2. The number of fused-ring (bicyclic) bond motifs is 1. The van der Waals surface area contributed by atoms with Crippen molar-refractivity contribution in [2.45, 2.75) is 17.9 Å². The SMILES string of the molecule is CC(NS(=O)(=O)c1ccc2[nH]c(=O)[nH]c2c1)c1cccnc1. The van der Waals surface area contributed by atoms with Gasteiger partial charge >= 0.3 is 5.69 Å². The minimum atomic E-state index is -3.70. The quantitative estimate of drug-likeness (QED) is 0.673. The molecule has 0 saturated heterocycles. The van der Waals surface area contributed by atoms with Gasteiger partial charge in [0.05, 0.1) is 15.9 Å². The summed E-state index contributed by atoms with van der Waals surface area (Å²) in [5, 5.41) is 0. The summed E-state index contributed by atoms with van der Waals surface area (Å²) in [4.78, 5) is 20.4. The lowest BCUT2D eigenvalue weighted by molar-refractivity contribution is 0.566. The smallest absolute Gasteiger partial charge is 0.306 e. The summed E-state index contributed by atoms with van der Waals surface area (Å²) in [7, 11) is -3.70. The molecule has 0 aliphatic rings. The number of aromatic amines is 2. The largest absolute Gasteiger partial charge is 0.323 e. The number of nitrogens with one attached hydrogen (secondary N) is 3. The van der Waals surface area contributed by atoms with Crippen LogP contribution in [0.2, 0.25) is 0 Å². The molecule has 0 amide bonds. The van der Waals surface area contributed by atoms with Gasteiger partial charge in [-0.1, -0.05) is 6.07 Å². The van der Waals surface area contributed by atoms with E-state index in [-0.39, 0.29) is 10.6 Å². The van der Waals surface area contributed by atoms with Crippen molar-refractivity contribution in [2.24, 2.45) is 0 Å². The first-order valence-electron chi connectivity index (χ1n) is 6.60. The number of rotatable bonds is 4. The Morgan fingerprint density at radius 3 is 2.68 bits per heavy atom. The molecular formula is C14H14N4O3S. The first-order chi connectivity index (χ1) is 10.5. The lowest BCUT2D eigenvalue weighted by Crippen LogP contribution is -2.26. The molecule has 2 aromatic heterocycles. The molecule has 22 heavy (non-hydrogen) atoms. The van der Waals surface area contributed by atoms with Crippen molar-refractivity contribution in [2.75, 3.05) is 0 Å². The Morgan fingerprint density at radius 1 is 1.18 bits per heavy atom. The molecule has 0 bridgehead atoms. The van der Waals surface area contributed by atoms with E-state index in [0.717, 1.165) is 5.56 Å². The lowest BCUT2D eigenvalue weighted by Gasteiger charge is -2.14. The zero-order valence-corrected chi connectivity index (χ0v) is 12.5. The fourth-order valence-corrected chi connectivity index (χ4v) is 3.44. The monoisotopic (exact) mass is 318 g/mol. The summed E-state index contributed by atoms with van der Waals surface area (Å²) in [6.07, 6.45) is 3.24. The molecule has 3 rings (SSSR count). The summed E-state index contributed by atoms with van der Waals surface area (Å²) in [6.45, 7) is 1.74. The lowest BCUT2D eigenvalue weighted by atomic mass is 10.2. The van der Waals surface area contributed by atoms with Gasteiger partial charge in [0.25, 0.3) is 0 Å². The molecule has 0 aliphatic carbocycles. The molecule has 7 nitrogen and oxygen atoms in total. The molecule has 0 aliphatic heterocycles. The van der Waals surface area contributed by atoms with Crippen molar-refractivity contribution in [3.8, 4) is 0 Å². The zero-order valence-electron chi connectivity index (χ0n) is 11.7. The molecule has 2 heterocycles. The van der Waals surface area contributed by atoms with E-state index in [1.807, 2.05) is 0 Å². The van der Waals surface area contributed by atoms with Gasteiger partial charge in [-0.25, -0.2) is 17.9 Å². The predicted molar refractivity (Wildman–Crippen MR) is 81.9 cm³/mol. The van der Waals surface area contributed by atoms with Crippen LogP contribution < -0.4 is 10.4 Å². The van der Waals surface area contributed by atoms with Crippen LogP contribution in [0.3, 0.4) is 0 Å². The van der Waals surface area contributed by atoms with E-state index in [1.54, 1.807) is 37.5 Å². The topological polar surface area (TPSA) is 108 Å². The molecule has 3 N–H and O–H groups in total. The van der Waals surface area contributed by atoms with Crippen molar-refractivity contribution >= 4 is 21.1 Å². The van der Waals surface area contributed by atoms with Gasteiger partial charge in [-0.3, -0.25) is 4.98 Å². The van der Waals surface area contributed by atoms with Crippen molar-refractivity contribution in [1.82, 2.24) is 19.7 Å². The summed E-state index contributed by atoms with van der Waals surface area (Å²) in [5.41, 5.74) is 1.40. The molecule has 0 spiro atoms. The molecule has 8 heteroatoms. The molecule has 3 aromatic rings. The standard InChI is InChI=1S/C14H14N4O3S/c1-9(10-3-2-6-15-8-10)18-22(20,21)11-4-5-12-13(7-11)17-14(19)16-12/h2-9,18H,1H3,(H2,16,17,19). The molecule has 0 saturated carbocycles. The first kappa shape index (κ1) is 14.5. The number of benzene rings is 1. The summed E-state index contributed by atoms with van der Waals surface area (Å²) < 4.78 is 27.5. The van der Waals surface area contributed by atoms with Gasteiger partial charge in [-0.05, 0) is 36.8 Å². The Morgan fingerprint density at radius 2 is 1.95 bits per heavy atom. The highest BCUT2D eigenvalue weighted by Gasteiger charge is 2.19. The van der Waals surface area contributed by atoms with E-state index in [0.29, 0.717) is 11.0 Å². The molecule has 0 fully saturated rings. The number of sulfonamides is 1. The maximum absolute atomic E-state index is 12.4. The summed E-state index contributed by atoms with van der Waals surface area (Å²) >= 11 is 0. The predicted octanol–water partition coefficient (Wildman–Crippen LogP) is 1.29. The van der Waals surface area contributed by atoms with Crippen LogP contribution in [-0.2, 0) is 10.0 Å². The van der Waals surface area contributed by atoms with E-state index in [9.17, 15) is 13.2 Å². The second kappa shape index (κ2) is 5.39. The van der Waals surface area contributed by atoms with Crippen LogP contribution in [-0.4, -0.2) is 23.4 Å². The normalized spacial score (nSPS) is 13.3. The van der Waals surface area contributed by atoms with Crippen molar-refractivity contribution in [1.29, 1.82) is 0 Å². The Bertz CT molecular complexity index is 960. The highest BCUT2D eigenvalue weighted by Crippen LogP contribution is 2.18. The second-order valence-electron chi connectivity index (χ2n) is 4.92. The summed E-state index contributed by atoms with van der Waals surface area (Å²) in [6, 6.07) is 7.55. The Balaban J connectivity index is 1.92. The van der Waals surface area contributed by atoms with Crippen LogP contribution in [0.5, 0.6) is 0 Å². The third-order valence-corrected chi connectivity index (χ3v) is 4.85. The minimum Gasteiger partial charge on any atom is -0.306 e. The van der Waals surface area contributed by atoms with E-state index >= 15 is 0 Å². The molecule has 1 atom stereocenters. The Hall–Kier alpha value is -2.45. The van der Waals surface area contributed by atoms with Crippen molar-refractivity contribution in [3.05, 3.63) is 58.8 Å². The number of pyridine rings is 1. The third kappa shape index (κ3) is 2.78. The van der Waals surface area contributed by atoms with Crippen LogP contribution in [0.4, 0.5) is 0 Å². The number of imidazole rings is 1. The fraction of sp³-hybridized carbons (Fsp3) is 0.143. The van der Waals surface area contributed by atoms with Crippen LogP contribution >= 0.6 is 0 Å². The fourth-order valence-electron chi connectivity index (χ4n) is 2.18. The Kier molecular flexibility index (Phi) is 3.55. The number of aromatic nitrogens is 3. The molecule has 1 unspecified atom stereocenters. The second-order valence-corrected chi connectivity index (χ2v) is 6.63. The van der Waals surface area contributed by atoms with Gasteiger partial charge in [0.2, 0.25) is 10.0 Å². The zero-order chi connectivity index (χ0) is 15.7. The minimum absolute atomic E-state index is 0.0889. The van der Waals surface area contributed by atoms with Crippen LogP contribution in [0.15, 0.2) is 52.4 Å². The van der Waals surface area contributed by atoms with E-state index in [4.69, 9.17) is 0 Å². The molecule has 0 radical (unpaired) electrons.